The molecule has 0 saturated heterocycles. The molecule has 0 bridgehead atoms. The van der Waals surface area contributed by atoms with Crippen molar-refractivity contribution in [1.29, 1.82) is 0 Å². The Balaban J connectivity index is 4.40. The lowest BCUT2D eigenvalue weighted by Gasteiger charge is -2.24. The molecule has 2 atom stereocenters. The van der Waals surface area contributed by atoms with Gasteiger partial charge in [0.15, 0.2) is 6.10 Å². The number of hydrogen-bond donors (Lipinski definition) is 1. The van der Waals surface area contributed by atoms with Gasteiger partial charge in [-0.15, -0.1) is 0 Å². The van der Waals surface area contributed by atoms with E-state index in [4.69, 9.17) is 18.5 Å². The number of phosphoric ester groups is 1. The molecule has 1 N–H and O–H groups in total. The minimum atomic E-state index is -4.38. The predicted molar refractivity (Wildman–Crippen MR) is 238 cm³/mol. The van der Waals surface area contributed by atoms with Crippen molar-refractivity contribution in [2.24, 2.45) is 0 Å². The smallest absolute Gasteiger partial charge is 0.462 e. The third-order valence-corrected chi connectivity index (χ3v) is 10.6. The van der Waals surface area contributed by atoms with E-state index in [9.17, 15) is 19.0 Å². The Labute approximate surface area is 350 Å². The van der Waals surface area contributed by atoms with Gasteiger partial charge in [-0.2, -0.15) is 0 Å². The summed E-state index contributed by atoms with van der Waals surface area (Å²) in [5.41, 5.74) is 0. The number of esters is 2. The molecule has 0 saturated carbocycles. The highest BCUT2D eigenvalue weighted by atomic mass is 31.2. The van der Waals surface area contributed by atoms with Crippen LogP contribution in [0.15, 0.2) is 48.6 Å². The van der Waals surface area contributed by atoms with Crippen LogP contribution in [0, 0.1) is 0 Å². The monoisotopic (exact) mass is 825 g/mol. The van der Waals surface area contributed by atoms with Gasteiger partial charge in [0, 0.05) is 12.8 Å². The predicted octanol–water partition coefficient (Wildman–Crippen LogP) is 13.1. The normalized spacial score (nSPS) is 14.0. The van der Waals surface area contributed by atoms with E-state index in [1.54, 1.807) is 0 Å². The Morgan fingerprint density at radius 2 is 0.965 bits per heavy atom. The minimum absolute atomic E-state index is 0.0231. The van der Waals surface area contributed by atoms with E-state index in [0.29, 0.717) is 23.9 Å². The average molecular weight is 825 g/mol. The van der Waals surface area contributed by atoms with Crippen molar-refractivity contribution < 1.29 is 42.1 Å². The lowest BCUT2D eigenvalue weighted by molar-refractivity contribution is -0.870. The number of rotatable bonds is 41. The second-order valence-corrected chi connectivity index (χ2v) is 17.9. The van der Waals surface area contributed by atoms with E-state index in [1.807, 2.05) is 21.1 Å². The maximum Gasteiger partial charge on any atom is 0.472 e. The van der Waals surface area contributed by atoms with Crippen LogP contribution >= 0.6 is 7.82 Å². The molecule has 0 amide bonds. The molecule has 57 heavy (non-hydrogen) atoms. The minimum Gasteiger partial charge on any atom is -0.462 e. The Kier molecular flexibility index (Phi) is 38.0. The van der Waals surface area contributed by atoms with E-state index in [-0.39, 0.29) is 26.1 Å². The van der Waals surface area contributed by atoms with Gasteiger partial charge < -0.3 is 18.9 Å². The Morgan fingerprint density at radius 1 is 0.544 bits per heavy atom. The Bertz CT molecular complexity index is 1110. The van der Waals surface area contributed by atoms with Crippen molar-refractivity contribution in [3.05, 3.63) is 48.6 Å². The zero-order valence-corrected chi connectivity index (χ0v) is 38.2. The zero-order valence-electron chi connectivity index (χ0n) is 37.3. The van der Waals surface area contributed by atoms with E-state index in [1.165, 1.54) is 109 Å². The summed E-state index contributed by atoms with van der Waals surface area (Å²) in [6.07, 6.45) is 46.0. The highest BCUT2D eigenvalue weighted by Gasteiger charge is 2.27. The number of unbranched alkanes of at least 4 members (excludes halogenated alkanes) is 19. The van der Waals surface area contributed by atoms with Crippen LogP contribution in [0.4, 0.5) is 0 Å². The number of likely N-dealkylation sites (N-methyl/N-ethyl adjacent to an activating group) is 1. The number of carbonyl (C=O) groups is 2. The molecule has 0 aromatic rings. The van der Waals surface area contributed by atoms with Gasteiger partial charge in [-0.05, 0) is 51.4 Å². The molecule has 0 heterocycles. The van der Waals surface area contributed by atoms with Gasteiger partial charge in [0.1, 0.15) is 19.8 Å². The summed E-state index contributed by atoms with van der Waals surface area (Å²) in [5.74, 6) is -0.863. The lowest BCUT2D eigenvalue weighted by Crippen LogP contribution is -2.37. The molecule has 10 heteroatoms. The summed E-state index contributed by atoms with van der Waals surface area (Å²) in [5, 5.41) is 0. The van der Waals surface area contributed by atoms with Gasteiger partial charge >= 0.3 is 19.8 Å². The average Bonchev–Trinajstić information content (AvgIpc) is 3.16. The van der Waals surface area contributed by atoms with Crippen molar-refractivity contribution in [3.63, 3.8) is 0 Å². The summed E-state index contributed by atoms with van der Waals surface area (Å²) in [6, 6.07) is 0. The molecule has 0 fully saturated rings. The zero-order chi connectivity index (χ0) is 42.1. The van der Waals surface area contributed by atoms with Crippen molar-refractivity contribution in [2.75, 3.05) is 47.5 Å². The van der Waals surface area contributed by atoms with Crippen LogP contribution in [-0.4, -0.2) is 74.9 Å². The summed E-state index contributed by atoms with van der Waals surface area (Å²) in [6.45, 7) is 4.35. The van der Waals surface area contributed by atoms with Crippen LogP contribution in [0.25, 0.3) is 0 Å². The summed E-state index contributed by atoms with van der Waals surface area (Å²) in [7, 11) is 1.45. The topological polar surface area (TPSA) is 108 Å². The fourth-order valence-corrected chi connectivity index (χ4v) is 6.75. The van der Waals surface area contributed by atoms with E-state index >= 15 is 0 Å². The Morgan fingerprint density at radius 3 is 1.46 bits per heavy atom. The largest absolute Gasteiger partial charge is 0.472 e. The number of nitrogens with zero attached hydrogens (tertiary/aromatic N) is 1. The van der Waals surface area contributed by atoms with Gasteiger partial charge in [0.25, 0.3) is 0 Å². The number of hydrogen-bond acceptors (Lipinski definition) is 7. The molecule has 0 aliphatic heterocycles. The first-order valence-corrected chi connectivity index (χ1v) is 24.4. The van der Waals surface area contributed by atoms with Crippen LogP contribution in [0.5, 0.6) is 0 Å². The summed E-state index contributed by atoms with van der Waals surface area (Å²) >= 11 is 0. The van der Waals surface area contributed by atoms with Crippen molar-refractivity contribution in [2.45, 2.75) is 193 Å². The van der Waals surface area contributed by atoms with Crippen LogP contribution in [-0.2, 0) is 32.7 Å². The molecule has 9 nitrogen and oxygen atoms in total. The first-order valence-electron chi connectivity index (χ1n) is 22.9. The van der Waals surface area contributed by atoms with Gasteiger partial charge in [-0.25, -0.2) is 4.57 Å². The third kappa shape index (κ3) is 43.4. The molecule has 0 radical (unpaired) electrons. The van der Waals surface area contributed by atoms with Gasteiger partial charge in [0.05, 0.1) is 27.7 Å². The first kappa shape index (κ1) is 55.0. The molecule has 0 spiro atoms. The van der Waals surface area contributed by atoms with Gasteiger partial charge in [-0.3, -0.25) is 18.6 Å². The SMILES string of the molecule is CCCCCCCCC/C=C/C/C=C/C/C=C/C/C=C/CCCC(=O)OC[C@@H](COP(=O)(O)OCC[N+](C)(C)C)OC(=O)CCCCCCCCCCCCCC. The second kappa shape index (κ2) is 39.4. The van der Waals surface area contributed by atoms with Crippen LogP contribution in [0.3, 0.4) is 0 Å². The summed E-state index contributed by atoms with van der Waals surface area (Å²) < 4.78 is 34.2. The number of allylic oxidation sites excluding steroid dienone is 8. The summed E-state index contributed by atoms with van der Waals surface area (Å²) in [4.78, 5) is 35.3. The van der Waals surface area contributed by atoms with Crippen molar-refractivity contribution in [1.82, 2.24) is 0 Å². The van der Waals surface area contributed by atoms with E-state index < -0.39 is 32.5 Å². The van der Waals surface area contributed by atoms with Gasteiger partial charge in [0.2, 0.25) is 0 Å². The molecule has 1 unspecified atom stereocenters. The molecule has 332 valence electrons. The van der Waals surface area contributed by atoms with Crippen LogP contribution in [0.1, 0.15) is 187 Å². The van der Waals surface area contributed by atoms with Crippen molar-refractivity contribution >= 4 is 19.8 Å². The number of carbonyl (C=O) groups excluding carboxylic acids is 2. The molecule has 0 rings (SSSR count). The fraction of sp³-hybridized carbons (Fsp3) is 0.787. The Hall–Kier alpha value is -2.03. The number of quaternary nitrogens is 1. The fourth-order valence-electron chi connectivity index (χ4n) is 6.01. The highest BCUT2D eigenvalue weighted by Crippen LogP contribution is 2.43. The quantitative estimate of drug-likeness (QED) is 0.0213. The lowest BCUT2D eigenvalue weighted by atomic mass is 10.0. The highest BCUT2D eigenvalue weighted by molar-refractivity contribution is 7.47. The maximum absolute atomic E-state index is 12.7. The molecule has 0 aliphatic carbocycles. The molecular formula is C47H87NO8P+. The van der Waals surface area contributed by atoms with Crippen LogP contribution < -0.4 is 0 Å². The molecule has 0 aromatic carbocycles. The number of phosphoric acid groups is 1. The number of ether oxygens (including phenoxy) is 2. The second-order valence-electron chi connectivity index (χ2n) is 16.4. The third-order valence-electron chi connectivity index (χ3n) is 9.61. The standard InChI is InChI=1S/C47H86NO8P/c1-6-8-10-12-14-16-18-20-21-22-23-24-25-26-27-28-30-31-33-35-37-39-46(49)53-43-45(44-55-57(51,52)54-42-41-48(3,4)5)56-47(50)40-38-36-34-32-29-19-17-15-13-11-9-7-2/h21-22,24-25,27-28,31,33,45H,6-20,23,26,29-30,32,34-44H2,1-5H3/p+1/b22-21+,25-24+,28-27+,33-31+/t45-/m0/s1. The van der Waals surface area contributed by atoms with E-state index in [2.05, 4.69) is 62.5 Å². The first-order chi connectivity index (χ1) is 27.5. The van der Waals surface area contributed by atoms with E-state index in [0.717, 1.165) is 38.5 Å². The maximum atomic E-state index is 12.7. The van der Waals surface area contributed by atoms with Crippen molar-refractivity contribution in [3.8, 4) is 0 Å². The molecular weight excluding hydrogens is 737 g/mol. The van der Waals surface area contributed by atoms with Gasteiger partial charge in [-0.1, -0.05) is 172 Å². The molecule has 0 aromatic heterocycles. The van der Waals surface area contributed by atoms with Crippen LogP contribution in [0.2, 0.25) is 0 Å². The molecule has 0 aliphatic rings.